The molecule has 1 saturated heterocycles. The highest BCUT2D eigenvalue weighted by Gasteiger charge is 2.39. The molecule has 0 aromatic carbocycles. The summed E-state index contributed by atoms with van der Waals surface area (Å²) in [6.07, 6.45) is 3.88. The summed E-state index contributed by atoms with van der Waals surface area (Å²) in [6, 6.07) is 2.25. The van der Waals surface area contributed by atoms with E-state index in [1.807, 2.05) is 0 Å². The summed E-state index contributed by atoms with van der Waals surface area (Å²) in [5, 5.41) is 19.1. The molecule has 0 bridgehead atoms. The van der Waals surface area contributed by atoms with Crippen LogP contribution >= 0.6 is 0 Å². The third-order valence-corrected chi connectivity index (χ3v) is 2.96. The second kappa shape index (κ2) is 5.33. The molecule has 0 radical (unpaired) electrons. The fraction of sp³-hybridized carbons (Fsp3) is 0.909. The third kappa shape index (κ3) is 2.46. The molecule has 2 atom stereocenters. The van der Waals surface area contributed by atoms with E-state index in [4.69, 9.17) is 10.00 Å². The Morgan fingerprint density at radius 3 is 2.93 bits per heavy atom. The number of ether oxygens (including phenoxy) is 1. The Morgan fingerprint density at radius 2 is 2.43 bits per heavy atom. The van der Waals surface area contributed by atoms with Crippen LogP contribution in [0.25, 0.3) is 0 Å². The summed E-state index contributed by atoms with van der Waals surface area (Å²) in [5.41, 5.74) is -0.632. The molecule has 0 aromatic heterocycles. The lowest BCUT2D eigenvalue weighted by Gasteiger charge is -2.34. The zero-order chi connectivity index (χ0) is 10.4. The second-order valence-electron chi connectivity index (χ2n) is 4.08. The third-order valence-electron chi connectivity index (χ3n) is 2.96. The van der Waals surface area contributed by atoms with E-state index in [0.29, 0.717) is 13.0 Å². The minimum absolute atomic E-state index is 0.397. The molecule has 3 nitrogen and oxygen atoms in total. The minimum Gasteiger partial charge on any atom is -0.391 e. The predicted molar refractivity (Wildman–Crippen MR) is 53.6 cm³/mol. The second-order valence-corrected chi connectivity index (χ2v) is 4.08. The number of hydrogen-bond donors (Lipinski definition) is 1. The smallest absolute Gasteiger partial charge is 0.106 e. The molecule has 1 N–H and O–H groups in total. The van der Waals surface area contributed by atoms with Gasteiger partial charge in [0.05, 0.1) is 18.8 Å². The topological polar surface area (TPSA) is 53.2 Å². The molecule has 80 valence electrons. The van der Waals surface area contributed by atoms with E-state index < -0.39 is 11.5 Å². The van der Waals surface area contributed by atoms with Gasteiger partial charge in [-0.2, -0.15) is 5.26 Å². The van der Waals surface area contributed by atoms with Gasteiger partial charge in [-0.15, -0.1) is 0 Å². The van der Waals surface area contributed by atoms with Gasteiger partial charge < -0.3 is 9.84 Å². The monoisotopic (exact) mass is 197 g/mol. The van der Waals surface area contributed by atoms with Crippen LogP contribution < -0.4 is 0 Å². The first-order valence-corrected chi connectivity index (χ1v) is 5.42. The first-order valence-electron chi connectivity index (χ1n) is 5.42. The van der Waals surface area contributed by atoms with Gasteiger partial charge >= 0.3 is 0 Å². The highest BCUT2D eigenvalue weighted by Crippen LogP contribution is 2.33. The average Bonchev–Trinajstić information content (AvgIpc) is 2.26. The van der Waals surface area contributed by atoms with Crippen LogP contribution in [0.3, 0.4) is 0 Å². The molecule has 1 aliphatic heterocycles. The maximum absolute atomic E-state index is 9.95. The van der Waals surface area contributed by atoms with Gasteiger partial charge in [0.1, 0.15) is 5.41 Å². The van der Waals surface area contributed by atoms with Crippen molar-refractivity contribution >= 4 is 0 Å². The van der Waals surface area contributed by atoms with Gasteiger partial charge in [0.2, 0.25) is 0 Å². The molecule has 0 aromatic rings. The van der Waals surface area contributed by atoms with Crippen LogP contribution in [0, 0.1) is 16.7 Å². The van der Waals surface area contributed by atoms with Crippen molar-refractivity contribution < 1.29 is 9.84 Å². The zero-order valence-corrected chi connectivity index (χ0v) is 8.83. The lowest BCUT2D eigenvalue weighted by molar-refractivity contribution is -0.0522. The summed E-state index contributed by atoms with van der Waals surface area (Å²) in [4.78, 5) is 0. The van der Waals surface area contributed by atoms with E-state index in [9.17, 15) is 5.11 Å². The van der Waals surface area contributed by atoms with Crippen molar-refractivity contribution in [3.63, 3.8) is 0 Å². The summed E-state index contributed by atoms with van der Waals surface area (Å²) in [7, 11) is 0. The van der Waals surface area contributed by atoms with Gasteiger partial charge in [-0.1, -0.05) is 19.8 Å². The van der Waals surface area contributed by atoms with E-state index in [1.165, 1.54) is 0 Å². The molecular weight excluding hydrogens is 178 g/mol. The van der Waals surface area contributed by atoms with Crippen LogP contribution in [0.2, 0.25) is 0 Å². The molecule has 2 unspecified atom stereocenters. The lowest BCUT2D eigenvalue weighted by atomic mass is 9.77. The molecule has 0 spiro atoms. The molecule has 3 heteroatoms. The maximum Gasteiger partial charge on any atom is 0.106 e. The molecule has 0 amide bonds. The highest BCUT2D eigenvalue weighted by molar-refractivity contribution is 5.04. The normalized spacial score (nSPS) is 29.5. The standard InChI is InChI=1S/C11H19NO2/c1-2-3-5-10(13)11(8-12)6-4-7-14-9-11/h10,13H,2-7,9H2,1H3. The highest BCUT2D eigenvalue weighted by atomic mass is 16.5. The molecule has 1 fully saturated rings. The first kappa shape index (κ1) is 11.5. The largest absolute Gasteiger partial charge is 0.391 e. The van der Waals surface area contributed by atoms with Crippen LogP contribution in [0.4, 0.5) is 0 Å². The number of rotatable bonds is 4. The van der Waals surface area contributed by atoms with E-state index in [2.05, 4.69) is 13.0 Å². The van der Waals surface area contributed by atoms with Crippen LogP contribution in [0.15, 0.2) is 0 Å². The maximum atomic E-state index is 9.95. The number of nitriles is 1. The quantitative estimate of drug-likeness (QED) is 0.748. The van der Waals surface area contributed by atoms with Gasteiger partial charge in [-0.25, -0.2) is 0 Å². The van der Waals surface area contributed by atoms with Crippen molar-refractivity contribution in [2.24, 2.45) is 5.41 Å². The number of nitrogens with zero attached hydrogens (tertiary/aromatic N) is 1. The summed E-state index contributed by atoms with van der Waals surface area (Å²) >= 11 is 0. The number of unbranched alkanes of at least 4 members (excludes halogenated alkanes) is 1. The van der Waals surface area contributed by atoms with E-state index >= 15 is 0 Å². The van der Waals surface area contributed by atoms with Crippen LogP contribution in [0.1, 0.15) is 39.0 Å². The van der Waals surface area contributed by atoms with Crippen molar-refractivity contribution in [3.05, 3.63) is 0 Å². The van der Waals surface area contributed by atoms with E-state index in [1.54, 1.807) is 0 Å². The number of aliphatic hydroxyl groups is 1. The van der Waals surface area contributed by atoms with Gasteiger partial charge in [-0.05, 0) is 19.3 Å². The molecular formula is C11H19NO2. The Morgan fingerprint density at radius 1 is 1.64 bits per heavy atom. The molecule has 1 rings (SSSR count). The Kier molecular flexibility index (Phi) is 4.37. The lowest BCUT2D eigenvalue weighted by Crippen LogP contribution is -2.41. The van der Waals surface area contributed by atoms with Gasteiger partial charge in [0, 0.05) is 6.61 Å². The predicted octanol–water partition coefficient (Wildman–Crippen LogP) is 1.86. The van der Waals surface area contributed by atoms with Crippen molar-refractivity contribution in [1.82, 2.24) is 0 Å². The SMILES string of the molecule is CCCCC(O)C1(C#N)CCCOC1. The zero-order valence-electron chi connectivity index (χ0n) is 8.83. The summed E-state index contributed by atoms with van der Waals surface area (Å²) < 4.78 is 5.29. The van der Waals surface area contributed by atoms with Crippen molar-refractivity contribution in [2.75, 3.05) is 13.2 Å². The van der Waals surface area contributed by atoms with Crippen molar-refractivity contribution in [3.8, 4) is 6.07 Å². The molecule has 0 aliphatic carbocycles. The van der Waals surface area contributed by atoms with Gasteiger partial charge in [0.25, 0.3) is 0 Å². The average molecular weight is 197 g/mol. The van der Waals surface area contributed by atoms with E-state index in [-0.39, 0.29) is 0 Å². The van der Waals surface area contributed by atoms with Crippen molar-refractivity contribution in [1.29, 1.82) is 5.26 Å². The van der Waals surface area contributed by atoms with Gasteiger partial charge in [-0.3, -0.25) is 0 Å². The molecule has 14 heavy (non-hydrogen) atoms. The first-order chi connectivity index (χ1) is 6.75. The number of hydrogen-bond acceptors (Lipinski definition) is 3. The van der Waals surface area contributed by atoms with Crippen LogP contribution in [-0.4, -0.2) is 24.4 Å². The number of aliphatic hydroxyl groups excluding tert-OH is 1. The Balaban J connectivity index is 2.54. The Hall–Kier alpha value is -0.590. The Labute approximate surface area is 85.7 Å². The van der Waals surface area contributed by atoms with E-state index in [0.717, 1.165) is 32.3 Å². The Bertz CT molecular complexity index is 204. The summed E-state index contributed by atoms with van der Waals surface area (Å²) in [6.45, 7) is 3.21. The van der Waals surface area contributed by atoms with Crippen LogP contribution in [0.5, 0.6) is 0 Å². The molecule has 0 saturated carbocycles. The minimum atomic E-state index is -0.632. The molecule has 1 aliphatic rings. The molecule has 1 heterocycles. The summed E-state index contributed by atoms with van der Waals surface area (Å²) in [5.74, 6) is 0. The fourth-order valence-corrected chi connectivity index (χ4v) is 1.92. The van der Waals surface area contributed by atoms with Crippen LogP contribution in [-0.2, 0) is 4.74 Å². The van der Waals surface area contributed by atoms with Gasteiger partial charge in [0.15, 0.2) is 0 Å². The fourth-order valence-electron chi connectivity index (χ4n) is 1.92. The van der Waals surface area contributed by atoms with Crippen molar-refractivity contribution in [2.45, 2.75) is 45.1 Å².